The summed E-state index contributed by atoms with van der Waals surface area (Å²) >= 11 is 0. The average Bonchev–Trinajstić information content (AvgIpc) is 3.03. The molecule has 0 aliphatic carbocycles. The van der Waals surface area contributed by atoms with Gasteiger partial charge in [0.25, 0.3) is 0 Å². The zero-order valence-electron chi connectivity index (χ0n) is 21.4. The van der Waals surface area contributed by atoms with Crippen LogP contribution in [-0.2, 0) is 20.8 Å². The first-order valence-electron chi connectivity index (χ1n) is 12.7. The van der Waals surface area contributed by atoms with E-state index in [-0.39, 0.29) is 12.3 Å². The lowest BCUT2D eigenvalue weighted by atomic mass is 9.86. The van der Waals surface area contributed by atoms with Gasteiger partial charge in [0.2, 0.25) is 17.7 Å². The number of carbonyl (C=O) groups excluding carboxylic acids is 3. The monoisotopic (exact) mass is 517 g/mol. The summed E-state index contributed by atoms with van der Waals surface area (Å²) in [5.41, 5.74) is 2.44. The van der Waals surface area contributed by atoms with E-state index < -0.39 is 47.6 Å². The highest BCUT2D eigenvalue weighted by Gasteiger charge is 2.37. The van der Waals surface area contributed by atoms with Crippen LogP contribution in [0.15, 0.2) is 78.9 Å². The summed E-state index contributed by atoms with van der Waals surface area (Å²) in [5.74, 6) is -2.61. The average molecular weight is 518 g/mol. The number of aliphatic hydroxyl groups is 1. The molecule has 4 rings (SSSR count). The normalized spacial score (nSPS) is 18.5. The Bertz CT molecular complexity index is 1280. The number of carbonyl (C=O) groups is 3. The zero-order valence-corrected chi connectivity index (χ0v) is 21.4. The van der Waals surface area contributed by atoms with Crippen molar-refractivity contribution < 1.29 is 23.9 Å². The SMILES string of the molecule is CC(C)CC(O)C(=O)N[C@H](C(=O)N[C@@H]1C(=O)Nc2cc(F)ccc2C[C@@H]1c1ccccc1)c1ccccc1. The van der Waals surface area contributed by atoms with Crippen molar-refractivity contribution in [3.63, 3.8) is 0 Å². The van der Waals surface area contributed by atoms with E-state index in [2.05, 4.69) is 16.0 Å². The minimum atomic E-state index is -1.28. The van der Waals surface area contributed by atoms with Crippen LogP contribution in [0.2, 0.25) is 0 Å². The van der Waals surface area contributed by atoms with Gasteiger partial charge in [-0.1, -0.05) is 80.6 Å². The van der Waals surface area contributed by atoms with Crippen molar-refractivity contribution >= 4 is 23.4 Å². The maximum Gasteiger partial charge on any atom is 0.249 e. The predicted molar refractivity (Wildman–Crippen MR) is 143 cm³/mol. The Kier molecular flexibility index (Phi) is 8.53. The second kappa shape index (κ2) is 12.0. The number of benzene rings is 3. The highest BCUT2D eigenvalue weighted by atomic mass is 19.1. The molecule has 0 radical (unpaired) electrons. The van der Waals surface area contributed by atoms with Gasteiger partial charge in [0.05, 0.1) is 0 Å². The summed E-state index contributed by atoms with van der Waals surface area (Å²) in [6, 6.07) is 20.1. The Morgan fingerprint density at radius 1 is 1.00 bits per heavy atom. The van der Waals surface area contributed by atoms with Crippen LogP contribution in [0.5, 0.6) is 0 Å². The lowest BCUT2D eigenvalue weighted by Crippen LogP contribution is -2.52. The molecule has 3 amide bonds. The molecule has 3 aromatic carbocycles. The Labute approximate surface area is 221 Å². The van der Waals surface area contributed by atoms with Crippen LogP contribution >= 0.6 is 0 Å². The third-order valence-corrected chi connectivity index (χ3v) is 6.66. The third kappa shape index (κ3) is 6.44. The van der Waals surface area contributed by atoms with E-state index in [0.29, 0.717) is 17.7 Å². The Morgan fingerprint density at radius 2 is 1.66 bits per heavy atom. The molecule has 198 valence electrons. The van der Waals surface area contributed by atoms with E-state index in [9.17, 15) is 23.9 Å². The first kappa shape index (κ1) is 27.0. The first-order chi connectivity index (χ1) is 18.2. The Morgan fingerprint density at radius 3 is 2.32 bits per heavy atom. The topological polar surface area (TPSA) is 108 Å². The minimum Gasteiger partial charge on any atom is -0.383 e. The molecule has 8 heteroatoms. The van der Waals surface area contributed by atoms with Gasteiger partial charge in [-0.15, -0.1) is 0 Å². The predicted octanol–water partition coefficient (Wildman–Crippen LogP) is 3.85. The van der Waals surface area contributed by atoms with Crippen molar-refractivity contribution in [1.29, 1.82) is 0 Å². The lowest BCUT2D eigenvalue weighted by Gasteiger charge is -2.28. The molecule has 0 bridgehead atoms. The highest BCUT2D eigenvalue weighted by molar-refractivity contribution is 6.00. The number of aliphatic hydroxyl groups excluding tert-OH is 1. The molecule has 0 fully saturated rings. The summed E-state index contributed by atoms with van der Waals surface area (Å²) in [4.78, 5) is 39.9. The summed E-state index contributed by atoms with van der Waals surface area (Å²) in [5, 5.41) is 18.6. The maximum atomic E-state index is 14.0. The molecule has 1 aliphatic heterocycles. The quantitative estimate of drug-likeness (QED) is 0.364. The number of halogens is 1. The van der Waals surface area contributed by atoms with Gasteiger partial charge in [-0.3, -0.25) is 14.4 Å². The molecule has 7 nitrogen and oxygen atoms in total. The molecule has 1 aliphatic rings. The number of hydrogen-bond acceptors (Lipinski definition) is 4. The highest BCUT2D eigenvalue weighted by Crippen LogP contribution is 2.33. The van der Waals surface area contributed by atoms with Gasteiger partial charge < -0.3 is 21.1 Å². The molecule has 0 spiro atoms. The summed E-state index contributed by atoms with van der Waals surface area (Å²) in [6.45, 7) is 3.77. The third-order valence-electron chi connectivity index (χ3n) is 6.66. The van der Waals surface area contributed by atoms with Gasteiger partial charge in [0.1, 0.15) is 24.0 Å². The van der Waals surface area contributed by atoms with Gasteiger partial charge >= 0.3 is 0 Å². The first-order valence-corrected chi connectivity index (χ1v) is 12.7. The van der Waals surface area contributed by atoms with Crippen molar-refractivity contribution in [3.8, 4) is 0 Å². The van der Waals surface area contributed by atoms with Crippen molar-refractivity contribution in [2.45, 2.75) is 50.8 Å². The van der Waals surface area contributed by atoms with Gasteiger partial charge in [-0.2, -0.15) is 0 Å². The van der Waals surface area contributed by atoms with E-state index in [0.717, 1.165) is 11.1 Å². The van der Waals surface area contributed by atoms with Crippen molar-refractivity contribution in [2.75, 3.05) is 5.32 Å². The number of hydrogen-bond donors (Lipinski definition) is 4. The molecular weight excluding hydrogens is 485 g/mol. The molecule has 38 heavy (non-hydrogen) atoms. The van der Waals surface area contributed by atoms with Crippen LogP contribution < -0.4 is 16.0 Å². The van der Waals surface area contributed by atoms with Gasteiger partial charge in [-0.25, -0.2) is 4.39 Å². The smallest absolute Gasteiger partial charge is 0.249 e. The summed E-state index contributed by atoms with van der Waals surface area (Å²) in [6.07, 6.45) is -0.666. The second-order valence-corrected chi connectivity index (χ2v) is 10.00. The Hall–Kier alpha value is -4.04. The molecule has 0 saturated carbocycles. The number of rotatable bonds is 8. The second-order valence-electron chi connectivity index (χ2n) is 10.00. The molecule has 3 aromatic rings. The van der Waals surface area contributed by atoms with Crippen molar-refractivity contribution in [1.82, 2.24) is 10.6 Å². The van der Waals surface area contributed by atoms with Gasteiger partial charge in [-0.05, 0) is 47.6 Å². The van der Waals surface area contributed by atoms with E-state index in [1.807, 2.05) is 44.2 Å². The summed E-state index contributed by atoms with van der Waals surface area (Å²) < 4.78 is 14.0. The molecule has 0 saturated heterocycles. The molecular formula is C30H32FN3O4. The lowest BCUT2D eigenvalue weighted by molar-refractivity contribution is -0.135. The van der Waals surface area contributed by atoms with E-state index in [4.69, 9.17) is 0 Å². The van der Waals surface area contributed by atoms with Crippen LogP contribution in [0.3, 0.4) is 0 Å². The maximum absolute atomic E-state index is 14.0. The van der Waals surface area contributed by atoms with E-state index in [1.165, 1.54) is 12.1 Å². The fourth-order valence-corrected chi connectivity index (χ4v) is 4.74. The van der Waals surface area contributed by atoms with Crippen LogP contribution in [-0.4, -0.2) is 35.0 Å². The molecule has 1 unspecified atom stereocenters. The standard InChI is InChI=1S/C30H32FN3O4/c1-18(2)15-25(35)28(36)33-26(20-11-7-4-8-12-20)29(37)34-27-23(19-9-5-3-6-10-19)16-21-13-14-22(31)17-24(21)32-30(27)38/h3-14,17-18,23,25-27,35H,15-16H2,1-2H3,(H,32,38)(H,33,36)(H,34,37)/t23-,25?,26+,27+/m1/s1. The van der Waals surface area contributed by atoms with E-state index >= 15 is 0 Å². The number of nitrogens with one attached hydrogen (secondary N) is 3. The van der Waals surface area contributed by atoms with Crippen LogP contribution in [0.25, 0.3) is 0 Å². The Balaban J connectivity index is 1.65. The molecule has 4 atom stereocenters. The zero-order chi connectivity index (χ0) is 27.2. The number of fused-ring (bicyclic) bond motifs is 1. The molecule has 4 N–H and O–H groups in total. The van der Waals surface area contributed by atoms with Gasteiger partial charge in [0, 0.05) is 11.6 Å². The molecule has 1 heterocycles. The minimum absolute atomic E-state index is 0.0764. The van der Waals surface area contributed by atoms with Crippen molar-refractivity contribution in [2.24, 2.45) is 5.92 Å². The van der Waals surface area contributed by atoms with Crippen LogP contribution in [0.4, 0.5) is 10.1 Å². The van der Waals surface area contributed by atoms with E-state index in [1.54, 1.807) is 36.4 Å². The van der Waals surface area contributed by atoms with Crippen LogP contribution in [0.1, 0.15) is 48.9 Å². The number of anilines is 1. The number of amides is 3. The van der Waals surface area contributed by atoms with Crippen molar-refractivity contribution in [3.05, 3.63) is 101 Å². The summed E-state index contributed by atoms with van der Waals surface area (Å²) in [7, 11) is 0. The fourth-order valence-electron chi connectivity index (χ4n) is 4.74. The van der Waals surface area contributed by atoms with Crippen LogP contribution in [0, 0.1) is 11.7 Å². The molecule has 0 aromatic heterocycles. The van der Waals surface area contributed by atoms with Gasteiger partial charge in [0.15, 0.2) is 0 Å². The fraction of sp³-hybridized carbons (Fsp3) is 0.300. The largest absolute Gasteiger partial charge is 0.383 e.